The molecule has 0 saturated carbocycles. The van der Waals surface area contributed by atoms with Crippen LogP contribution in [-0.2, 0) is 24.8 Å². The molecule has 3 unspecified atom stereocenters. The van der Waals surface area contributed by atoms with Gasteiger partial charge in [0.05, 0.1) is 22.3 Å². The van der Waals surface area contributed by atoms with Gasteiger partial charge in [-0.2, -0.15) is 13.2 Å². The normalized spacial score (nSPS) is 21.5. The molecule has 37 heavy (non-hydrogen) atoms. The minimum atomic E-state index is -4.61. The molecule has 3 atom stereocenters. The Balaban J connectivity index is 1.72. The second-order valence-corrected chi connectivity index (χ2v) is 11.2. The maximum atomic E-state index is 15.0. The average Bonchev–Trinajstić information content (AvgIpc) is 3.27. The topological polar surface area (TPSA) is 37.8 Å². The molecule has 2 aliphatic rings. The summed E-state index contributed by atoms with van der Waals surface area (Å²) in [6.07, 6.45) is 2.90. The van der Waals surface area contributed by atoms with Crippen LogP contribution in [0.4, 0.5) is 22.7 Å². The molecule has 0 saturated heterocycles. The molecule has 0 spiro atoms. The Bertz CT molecular complexity index is 1290. The van der Waals surface area contributed by atoms with Crippen molar-refractivity contribution in [2.75, 3.05) is 5.32 Å². The van der Waals surface area contributed by atoms with Gasteiger partial charge < -0.3 is 5.32 Å². The number of thiazole rings is 1. The number of hydrogen-bond donors (Lipinski definition) is 1. The number of benzene rings is 1. The number of aryl methyl sites for hydroxylation is 2. The van der Waals surface area contributed by atoms with Crippen molar-refractivity contribution >= 4 is 28.1 Å². The zero-order chi connectivity index (χ0) is 26.2. The first-order chi connectivity index (χ1) is 17.7. The highest BCUT2D eigenvalue weighted by atomic mass is 35.5. The predicted octanol–water partition coefficient (Wildman–Crippen LogP) is 8.23. The summed E-state index contributed by atoms with van der Waals surface area (Å²) < 4.78 is 57.2. The first-order valence-electron chi connectivity index (χ1n) is 12.2. The van der Waals surface area contributed by atoms with Gasteiger partial charge in [-0.15, -0.1) is 11.3 Å². The number of hydrogen-bond acceptors (Lipinski definition) is 4. The minimum Gasteiger partial charge on any atom is -0.346 e. The third-order valence-electron chi connectivity index (χ3n) is 7.17. The van der Waals surface area contributed by atoms with E-state index in [2.05, 4.69) is 10.3 Å². The molecule has 194 valence electrons. The maximum Gasteiger partial charge on any atom is 0.395 e. The van der Waals surface area contributed by atoms with Crippen molar-refractivity contribution in [3.05, 3.63) is 99.1 Å². The third kappa shape index (κ3) is 5.32. The van der Waals surface area contributed by atoms with Crippen LogP contribution in [0.25, 0.3) is 0 Å². The summed E-state index contributed by atoms with van der Waals surface area (Å²) in [6, 6.07) is 12.8. The lowest BCUT2D eigenvalue weighted by Crippen LogP contribution is -2.46. The molecule has 3 aromatic rings. The first-order valence-corrected chi connectivity index (χ1v) is 13.4. The number of fused-ring (bicyclic) bond motifs is 1. The standard InChI is InChI=1S/C28H26ClF4N3S/c1-17-21(13-20(30)14-22(17)28(31,32)33)27(15-18-7-3-2-4-8-18,25-12-11-19(29)16-34-25)36-26-35-23-9-5-6-10-24(23)37-26/h2-4,7-8,11-14,16-17,22H,5-6,9-10,15H2,1H3,(H,35,36). The summed E-state index contributed by atoms with van der Waals surface area (Å²) in [6.45, 7) is 1.50. The van der Waals surface area contributed by atoms with E-state index in [1.54, 1.807) is 12.1 Å². The predicted molar refractivity (Wildman–Crippen MR) is 139 cm³/mol. The van der Waals surface area contributed by atoms with Crippen LogP contribution in [0.15, 0.2) is 72.2 Å². The Labute approximate surface area is 222 Å². The monoisotopic (exact) mass is 547 g/mol. The lowest BCUT2D eigenvalue weighted by Gasteiger charge is -2.42. The maximum absolute atomic E-state index is 15.0. The summed E-state index contributed by atoms with van der Waals surface area (Å²) >= 11 is 7.65. The van der Waals surface area contributed by atoms with Crippen LogP contribution >= 0.6 is 22.9 Å². The lowest BCUT2D eigenvalue weighted by molar-refractivity contribution is -0.171. The summed E-state index contributed by atoms with van der Waals surface area (Å²) in [5.74, 6) is -3.94. The van der Waals surface area contributed by atoms with E-state index in [4.69, 9.17) is 16.6 Å². The molecule has 0 bridgehead atoms. The van der Waals surface area contributed by atoms with Crippen LogP contribution in [0.2, 0.25) is 5.02 Å². The van der Waals surface area contributed by atoms with Crippen LogP contribution in [0.1, 0.15) is 41.6 Å². The number of pyridine rings is 1. The molecule has 2 heterocycles. The zero-order valence-electron chi connectivity index (χ0n) is 20.2. The lowest BCUT2D eigenvalue weighted by atomic mass is 9.69. The zero-order valence-corrected chi connectivity index (χ0v) is 21.7. The van der Waals surface area contributed by atoms with Gasteiger partial charge in [-0.05, 0) is 67.0 Å². The van der Waals surface area contributed by atoms with E-state index in [0.717, 1.165) is 36.9 Å². The minimum absolute atomic E-state index is 0.237. The number of nitrogens with zero attached hydrogens (tertiary/aromatic N) is 2. The van der Waals surface area contributed by atoms with Gasteiger partial charge in [0, 0.05) is 17.5 Å². The van der Waals surface area contributed by atoms with E-state index in [0.29, 0.717) is 21.9 Å². The van der Waals surface area contributed by atoms with Crippen molar-refractivity contribution in [1.82, 2.24) is 9.97 Å². The molecule has 0 fully saturated rings. The van der Waals surface area contributed by atoms with Crippen LogP contribution in [0.5, 0.6) is 0 Å². The average molecular weight is 548 g/mol. The Morgan fingerprint density at radius 3 is 2.51 bits per heavy atom. The van der Waals surface area contributed by atoms with Crippen LogP contribution < -0.4 is 5.32 Å². The molecule has 9 heteroatoms. The molecule has 2 aliphatic carbocycles. The highest BCUT2D eigenvalue weighted by Crippen LogP contribution is 2.49. The van der Waals surface area contributed by atoms with Gasteiger partial charge in [-0.3, -0.25) is 4.98 Å². The van der Waals surface area contributed by atoms with Crippen LogP contribution in [0.3, 0.4) is 0 Å². The summed E-state index contributed by atoms with van der Waals surface area (Å²) in [5, 5.41) is 4.48. The largest absolute Gasteiger partial charge is 0.395 e. The van der Waals surface area contributed by atoms with Crippen molar-refractivity contribution in [2.45, 2.75) is 50.7 Å². The number of alkyl halides is 3. The molecule has 0 radical (unpaired) electrons. The number of rotatable bonds is 6. The van der Waals surface area contributed by atoms with Crippen LogP contribution in [0, 0.1) is 11.8 Å². The van der Waals surface area contributed by atoms with Gasteiger partial charge in [0.1, 0.15) is 11.4 Å². The van der Waals surface area contributed by atoms with Crippen molar-refractivity contribution in [3.8, 4) is 0 Å². The van der Waals surface area contributed by atoms with Gasteiger partial charge in [0.2, 0.25) is 0 Å². The smallest absolute Gasteiger partial charge is 0.346 e. The van der Waals surface area contributed by atoms with E-state index in [-0.39, 0.29) is 12.0 Å². The first kappa shape index (κ1) is 25.9. The molecule has 3 nitrogen and oxygen atoms in total. The van der Waals surface area contributed by atoms with Gasteiger partial charge in [-0.1, -0.05) is 48.9 Å². The SMILES string of the molecule is CC1C(C(Cc2ccccc2)(Nc2nc3c(s2)CCCC3)c2ccc(Cl)cn2)=CC(F)=CC1C(F)(F)F. The highest BCUT2D eigenvalue weighted by Gasteiger charge is 2.50. The van der Waals surface area contributed by atoms with Crippen molar-refractivity contribution in [1.29, 1.82) is 0 Å². The Morgan fingerprint density at radius 1 is 1.08 bits per heavy atom. The Morgan fingerprint density at radius 2 is 1.84 bits per heavy atom. The van der Waals surface area contributed by atoms with E-state index in [9.17, 15) is 17.6 Å². The fourth-order valence-electron chi connectivity index (χ4n) is 5.37. The summed E-state index contributed by atoms with van der Waals surface area (Å²) in [7, 11) is 0. The second-order valence-electron chi connectivity index (χ2n) is 9.66. The van der Waals surface area contributed by atoms with Crippen molar-refractivity contribution < 1.29 is 17.6 Å². The Kier molecular flexibility index (Phi) is 7.16. The van der Waals surface area contributed by atoms with E-state index in [1.807, 2.05) is 30.3 Å². The number of halogens is 5. The fraction of sp³-hybridized carbons (Fsp3) is 0.357. The van der Waals surface area contributed by atoms with Gasteiger partial charge in [0.25, 0.3) is 0 Å². The van der Waals surface area contributed by atoms with E-state index in [1.165, 1.54) is 35.4 Å². The number of nitrogens with one attached hydrogen (secondary N) is 1. The molecular weight excluding hydrogens is 522 g/mol. The highest BCUT2D eigenvalue weighted by molar-refractivity contribution is 7.15. The molecule has 2 aromatic heterocycles. The van der Waals surface area contributed by atoms with E-state index >= 15 is 0 Å². The summed E-state index contributed by atoms with van der Waals surface area (Å²) in [4.78, 5) is 10.6. The summed E-state index contributed by atoms with van der Waals surface area (Å²) in [5.41, 5.74) is 1.28. The quantitative estimate of drug-likeness (QED) is 0.316. The number of anilines is 1. The van der Waals surface area contributed by atoms with E-state index < -0.39 is 29.4 Å². The molecule has 0 amide bonds. The molecule has 5 rings (SSSR count). The second kappa shape index (κ2) is 10.2. The molecule has 0 aliphatic heterocycles. The van der Waals surface area contributed by atoms with Gasteiger partial charge >= 0.3 is 6.18 Å². The van der Waals surface area contributed by atoms with Crippen molar-refractivity contribution in [3.63, 3.8) is 0 Å². The Hall–Kier alpha value is -2.71. The number of aromatic nitrogens is 2. The van der Waals surface area contributed by atoms with Crippen molar-refractivity contribution in [2.24, 2.45) is 11.8 Å². The molecule has 1 aromatic carbocycles. The number of allylic oxidation sites excluding steroid dienone is 3. The third-order valence-corrected chi connectivity index (χ3v) is 8.47. The van der Waals surface area contributed by atoms with Gasteiger partial charge in [-0.25, -0.2) is 9.37 Å². The molecular formula is C28H26ClF4N3S. The molecule has 1 N–H and O–H groups in total. The van der Waals surface area contributed by atoms with Gasteiger partial charge in [0.15, 0.2) is 5.13 Å². The fourth-order valence-corrected chi connectivity index (χ4v) is 6.60. The van der Waals surface area contributed by atoms with Crippen LogP contribution in [-0.4, -0.2) is 16.1 Å².